The first-order chi connectivity index (χ1) is 9.54. The Bertz CT molecular complexity index is 651. The quantitative estimate of drug-likeness (QED) is 0.906. The van der Waals surface area contributed by atoms with Crippen LogP contribution in [0.3, 0.4) is 0 Å². The molecule has 2 nitrogen and oxygen atoms in total. The minimum absolute atomic E-state index is 0.185. The van der Waals surface area contributed by atoms with Crippen LogP contribution in [0, 0.1) is 12.7 Å². The molecule has 0 aromatic heterocycles. The van der Waals surface area contributed by atoms with Crippen LogP contribution in [0.15, 0.2) is 36.4 Å². The second kappa shape index (κ2) is 4.91. The predicted molar refractivity (Wildman–Crippen MR) is 75.4 cm³/mol. The molecule has 0 saturated heterocycles. The molecule has 1 heterocycles. The van der Waals surface area contributed by atoms with Gasteiger partial charge in [-0.3, -0.25) is 0 Å². The van der Waals surface area contributed by atoms with Crippen molar-refractivity contribution in [2.24, 2.45) is 0 Å². The Balaban J connectivity index is 1.95. The molecule has 0 spiro atoms. The van der Waals surface area contributed by atoms with Gasteiger partial charge in [0.1, 0.15) is 23.8 Å². The van der Waals surface area contributed by atoms with E-state index in [2.05, 4.69) is 0 Å². The predicted octanol–water partition coefficient (Wildman–Crippen LogP) is 3.54. The average molecular weight is 272 g/mol. The van der Waals surface area contributed by atoms with Gasteiger partial charge in [-0.1, -0.05) is 12.1 Å². The number of benzene rings is 2. The molecule has 2 unspecified atom stereocenters. The number of aryl methyl sites for hydroxylation is 1. The molecule has 2 aromatic rings. The number of aliphatic hydroxyl groups is 1. The summed E-state index contributed by atoms with van der Waals surface area (Å²) in [5, 5.41) is 10.5. The van der Waals surface area contributed by atoms with Gasteiger partial charge >= 0.3 is 0 Å². The first kappa shape index (κ1) is 13.1. The summed E-state index contributed by atoms with van der Waals surface area (Å²) in [5.74, 6) is 0.610. The van der Waals surface area contributed by atoms with Crippen LogP contribution >= 0.6 is 0 Å². The van der Waals surface area contributed by atoms with Gasteiger partial charge in [0.25, 0.3) is 0 Å². The topological polar surface area (TPSA) is 29.5 Å². The van der Waals surface area contributed by atoms with Crippen LogP contribution in [0.25, 0.3) is 0 Å². The summed E-state index contributed by atoms with van der Waals surface area (Å²) < 4.78 is 18.8. The normalized spacial score (nSPS) is 18.5. The van der Waals surface area contributed by atoms with E-state index >= 15 is 0 Å². The lowest BCUT2D eigenvalue weighted by molar-refractivity contribution is 0.219. The number of rotatable bonds is 2. The van der Waals surface area contributed by atoms with Gasteiger partial charge in [-0.25, -0.2) is 4.39 Å². The highest BCUT2D eigenvalue weighted by molar-refractivity contribution is 5.44. The van der Waals surface area contributed by atoms with Crippen LogP contribution in [0.2, 0.25) is 0 Å². The molecule has 0 saturated carbocycles. The van der Waals surface area contributed by atoms with E-state index in [1.807, 2.05) is 25.1 Å². The Morgan fingerprint density at radius 3 is 2.80 bits per heavy atom. The van der Waals surface area contributed by atoms with E-state index in [1.165, 1.54) is 12.1 Å². The molecule has 1 N–H and O–H groups in total. The van der Waals surface area contributed by atoms with Crippen molar-refractivity contribution in [2.75, 3.05) is 0 Å². The average Bonchev–Trinajstić information content (AvgIpc) is 2.77. The first-order valence-corrected chi connectivity index (χ1v) is 6.78. The zero-order valence-corrected chi connectivity index (χ0v) is 11.6. The molecule has 1 aliphatic rings. The molecular weight excluding hydrogens is 255 g/mol. The molecular formula is C17H17FO2. The Morgan fingerprint density at radius 2 is 2.05 bits per heavy atom. The van der Waals surface area contributed by atoms with Gasteiger partial charge in [0.2, 0.25) is 0 Å². The molecule has 3 heteroatoms. The van der Waals surface area contributed by atoms with Crippen molar-refractivity contribution in [1.29, 1.82) is 0 Å². The van der Waals surface area contributed by atoms with E-state index in [9.17, 15) is 9.50 Å². The van der Waals surface area contributed by atoms with Crippen LogP contribution < -0.4 is 4.74 Å². The molecule has 20 heavy (non-hydrogen) atoms. The Kier molecular flexibility index (Phi) is 3.22. The summed E-state index contributed by atoms with van der Waals surface area (Å²) in [6.45, 7) is 3.83. The second-order valence-corrected chi connectivity index (χ2v) is 5.40. The molecule has 0 radical (unpaired) electrons. The third kappa shape index (κ3) is 2.29. The third-order valence-corrected chi connectivity index (χ3v) is 3.76. The van der Waals surface area contributed by atoms with E-state index < -0.39 is 6.10 Å². The molecule has 2 atom stereocenters. The summed E-state index contributed by atoms with van der Waals surface area (Å²) >= 11 is 0. The van der Waals surface area contributed by atoms with E-state index in [0.29, 0.717) is 0 Å². The molecule has 0 bridgehead atoms. The molecule has 0 amide bonds. The van der Waals surface area contributed by atoms with Crippen LogP contribution in [0.4, 0.5) is 4.39 Å². The number of ether oxygens (including phenoxy) is 1. The third-order valence-electron chi connectivity index (χ3n) is 3.76. The molecule has 2 aromatic carbocycles. The molecule has 0 fully saturated rings. The van der Waals surface area contributed by atoms with Gasteiger partial charge in [-0.2, -0.15) is 0 Å². The van der Waals surface area contributed by atoms with E-state index in [4.69, 9.17) is 4.74 Å². The SMILES string of the molecule is Cc1cc(F)ccc1C(O)c1ccc2c(c1)CC(C)O2. The van der Waals surface area contributed by atoms with Gasteiger partial charge in [0, 0.05) is 6.42 Å². The number of aliphatic hydroxyl groups excluding tert-OH is 1. The molecule has 1 aliphatic heterocycles. The van der Waals surface area contributed by atoms with Crippen LogP contribution in [-0.2, 0) is 6.42 Å². The maximum absolute atomic E-state index is 13.1. The van der Waals surface area contributed by atoms with Gasteiger partial charge in [0.15, 0.2) is 0 Å². The van der Waals surface area contributed by atoms with Gasteiger partial charge in [-0.05, 0) is 60.4 Å². The van der Waals surface area contributed by atoms with E-state index in [1.54, 1.807) is 13.0 Å². The number of hydrogen-bond acceptors (Lipinski definition) is 2. The van der Waals surface area contributed by atoms with Crippen molar-refractivity contribution in [3.63, 3.8) is 0 Å². The van der Waals surface area contributed by atoms with Crippen molar-refractivity contribution < 1.29 is 14.2 Å². The van der Waals surface area contributed by atoms with E-state index in [0.717, 1.165) is 34.4 Å². The van der Waals surface area contributed by atoms with Crippen molar-refractivity contribution in [2.45, 2.75) is 32.5 Å². The van der Waals surface area contributed by atoms with Crippen LogP contribution in [-0.4, -0.2) is 11.2 Å². The smallest absolute Gasteiger partial charge is 0.123 e. The highest BCUT2D eigenvalue weighted by atomic mass is 19.1. The van der Waals surface area contributed by atoms with Crippen molar-refractivity contribution >= 4 is 0 Å². The molecule has 104 valence electrons. The highest BCUT2D eigenvalue weighted by Gasteiger charge is 2.21. The van der Waals surface area contributed by atoms with Crippen LogP contribution in [0.5, 0.6) is 5.75 Å². The monoisotopic (exact) mass is 272 g/mol. The fourth-order valence-corrected chi connectivity index (χ4v) is 2.74. The summed E-state index contributed by atoms with van der Waals surface area (Å²) in [7, 11) is 0. The zero-order chi connectivity index (χ0) is 14.3. The molecule has 3 rings (SSSR count). The Hall–Kier alpha value is -1.87. The lowest BCUT2D eigenvalue weighted by atomic mass is 9.95. The van der Waals surface area contributed by atoms with Crippen molar-refractivity contribution in [3.05, 3.63) is 64.5 Å². The summed E-state index contributed by atoms with van der Waals surface area (Å²) in [6.07, 6.45) is 0.305. The zero-order valence-electron chi connectivity index (χ0n) is 11.6. The number of fused-ring (bicyclic) bond motifs is 1. The van der Waals surface area contributed by atoms with Gasteiger partial charge < -0.3 is 9.84 Å². The standard InChI is InChI=1S/C17H17FO2/c1-10-7-14(18)4-5-15(10)17(19)12-3-6-16-13(9-12)8-11(2)20-16/h3-7,9,11,17,19H,8H2,1-2H3. The lowest BCUT2D eigenvalue weighted by Crippen LogP contribution is -2.05. The fourth-order valence-electron chi connectivity index (χ4n) is 2.74. The number of hydrogen-bond donors (Lipinski definition) is 1. The Morgan fingerprint density at radius 1 is 1.25 bits per heavy atom. The summed E-state index contributed by atoms with van der Waals surface area (Å²) in [6, 6.07) is 10.2. The van der Waals surface area contributed by atoms with Crippen LogP contribution in [0.1, 0.15) is 35.3 Å². The summed E-state index contributed by atoms with van der Waals surface area (Å²) in [4.78, 5) is 0. The van der Waals surface area contributed by atoms with E-state index in [-0.39, 0.29) is 11.9 Å². The van der Waals surface area contributed by atoms with Crippen molar-refractivity contribution in [3.8, 4) is 5.75 Å². The summed E-state index contributed by atoms with van der Waals surface area (Å²) in [5.41, 5.74) is 3.42. The molecule has 0 aliphatic carbocycles. The maximum Gasteiger partial charge on any atom is 0.123 e. The van der Waals surface area contributed by atoms with Gasteiger partial charge in [-0.15, -0.1) is 0 Å². The minimum Gasteiger partial charge on any atom is -0.490 e. The maximum atomic E-state index is 13.1. The highest BCUT2D eigenvalue weighted by Crippen LogP contribution is 2.33. The first-order valence-electron chi connectivity index (χ1n) is 6.78. The fraction of sp³-hybridized carbons (Fsp3) is 0.294. The second-order valence-electron chi connectivity index (χ2n) is 5.40. The largest absolute Gasteiger partial charge is 0.490 e. The minimum atomic E-state index is -0.739. The van der Waals surface area contributed by atoms with Gasteiger partial charge in [0.05, 0.1) is 0 Å². The number of halogens is 1. The Labute approximate surface area is 117 Å². The van der Waals surface area contributed by atoms with Crippen molar-refractivity contribution in [1.82, 2.24) is 0 Å². The lowest BCUT2D eigenvalue weighted by Gasteiger charge is -2.15.